The lowest BCUT2D eigenvalue weighted by Crippen LogP contribution is -2.33. The molecule has 0 aromatic rings. The van der Waals surface area contributed by atoms with Gasteiger partial charge < -0.3 is 29.4 Å². The zero-order valence-electron chi connectivity index (χ0n) is 12.5. The lowest BCUT2D eigenvalue weighted by molar-refractivity contribution is -0.147. The number of carbonyl (C=O) groups is 1. The van der Waals surface area contributed by atoms with Gasteiger partial charge in [0.05, 0.1) is 33.0 Å². The van der Waals surface area contributed by atoms with Crippen molar-refractivity contribution in [1.82, 2.24) is 0 Å². The molecule has 0 aliphatic heterocycles. The molecule has 0 aromatic heterocycles. The van der Waals surface area contributed by atoms with Crippen LogP contribution < -0.4 is 5.73 Å². The van der Waals surface area contributed by atoms with E-state index in [1.54, 1.807) is 14.2 Å². The third kappa shape index (κ3) is 12.3. The van der Waals surface area contributed by atoms with Gasteiger partial charge in [0, 0.05) is 20.8 Å². The van der Waals surface area contributed by atoms with Gasteiger partial charge in [-0.2, -0.15) is 0 Å². The van der Waals surface area contributed by atoms with Crippen LogP contribution in [-0.2, 0) is 28.5 Å². The molecule has 7 nitrogen and oxygen atoms in total. The summed E-state index contributed by atoms with van der Waals surface area (Å²) in [5.41, 5.74) is 5.66. The summed E-state index contributed by atoms with van der Waals surface area (Å²) in [5.74, 6) is -0.402. The maximum Gasteiger partial charge on any atom is 0.322 e. The van der Waals surface area contributed by atoms with Gasteiger partial charge in [0.15, 0.2) is 0 Å². The van der Waals surface area contributed by atoms with E-state index in [1.165, 1.54) is 0 Å². The molecular weight excluding hydrogens is 266 g/mol. The number of esters is 1. The quantitative estimate of drug-likeness (QED) is 0.355. The Morgan fingerprint density at radius 1 is 0.900 bits per heavy atom. The van der Waals surface area contributed by atoms with Gasteiger partial charge >= 0.3 is 5.97 Å². The van der Waals surface area contributed by atoms with E-state index in [2.05, 4.69) is 0 Å². The number of methoxy groups -OCH3 is 2. The summed E-state index contributed by atoms with van der Waals surface area (Å²) in [6.45, 7) is 3.20. The van der Waals surface area contributed by atoms with E-state index in [0.717, 1.165) is 6.42 Å². The monoisotopic (exact) mass is 293 g/mol. The van der Waals surface area contributed by atoms with Crippen molar-refractivity contribution in [3.8, 4) is 0 Å². The zero-order valence-corrected chi connectivity index (χ0v) is 12.5. The molecule has 1 atom stereocenters. The minimum atomic E-state index is -0.595. The first kappa shape index (κ1) is 19.3. The highest BCUT2D eigenvalue weighted by Crippen LogP contribution is 1.97. The average Bonchev–Trinajstić information content (AvgIpc) is 2.45. The standard InChI is InChI=1S/C13H27NO6/c1-16-5-3-4-12(14)13(15)20-11-10-19-9-8-18-7-6-17-2/h12H,3-11,14H2,1-2H3. The van der Waals surface area contributed by atoms with Crippen molar-refractivity contribution >= 4 is 5.97 Å². The van der Waals surface area contributed by atoms with E-state index in [9.17, 15) is 4.79 Å². The number of carbonyl (C=O) groups excluding carboxylic acids is 1. The molecule has 0 heterocycles. The molecule has 0 aromatic carbocycles. The van der Waals surface area contributed by atoms with Crippen LogP contribution in [0.2, 0.25) is 0 Å². The molecule has 1 unspecified atom stereocenters. The predicted molar refractivity (Wildman–Crippen MR) is 73.6 cm³/mol. The fourth-order valence-corrected chi connectivity index (χ4v) is 1.34. The Labute approximate surface area is 120 Å². The maximum absolute atomic E-state index is 11.5. The molecule has 20 heavy (non-hydrogen) atoms. The highest BCUT2D eigenvalue weighted by Gasteiger charge is 2.14. The Morgan fingerprint density at radius 2 is 1.45 bits per heavy atom. The van der Waals surface area contributed by atoms with Gasteiger partial charge in [-0.25, -0.2) is 0 Å². The molecule has 0 amide bonds. The van der Waals surface area contributed by atoms with Crippen molar-refractivity contribution in [3.05, 3.63) is 0 Å². The topological polar surface area (TPSA) is 89.2 Å². The number of hydrogen-bond acceptors (Lipinski definition) is 7. The molecule has 0 bridgehead atoms. The summed E-state index contributed by atoms with van der Waals surface area (Å²) in [7, 11) is 3.23. The van der Waals surface area contributed by atoms with E-state index in [4.69, 9.17) is 29.4 Å². The van der Waals surface area contributed by atoms with Crippen molar-refractivity contribution in [2.75, 3.05) is 60.5 Å². The lowest BCUT2D eigenvalue weighted by atomic mass is 10.2. The summed E-state index contributed by atoms with van der Waals surface area (Å²) >= 11 is 0. The molecule has 0 spiro atoms. The second kappa shape index (κ2) is 14.7. The first-order valence-electron chi connectivity index (χ1n) is 6.78. The third-order valence-electron chi connectivity index (χ3n) is 2.44. The van der Waals surface area contributed by atoms with Crippen molar-refractivity contribution in [2.45, 2.75) is 18.9 Å². The molecule has 2 N–H and O–H groups in total. The van der Waals surface area contributed by atoms with Crippen molar-refractivity contribution in [3.63, 3.8) is 0 Å². The fraction of sp³-hybridized carbons (Fsp3) is 0.923. The number of nitrogens with two attached hydrogens (primary N) is 1. The van der Waals surface area contributed by atoms with Gasteiger partial charge in [-0.05, 0) is 12.8 Å². The Bertz CT molecular complexity index is 227. The number of rotatable bonds is 14. The highest BCUT2D eigenvalue weighted by atomic mass is 16.6. The van der Waals surface area contributed by atoms with Gasteiger partial charge in [0.2, 0.25) is 0 Å². The average molecular weight is 293 g/mol. The van der Waals surface area contributed by atoms with E-state index in [1.807, 2.05) is 0 Å². The smallest absolute Gasteiger partial charge is 0.322 e. The summed E-state index contributed by atoms with van der Waals surface area (Å²) < 4.78 is 25.1. The second-order valence-corrected chi connectivity index (χ2v) is 4.13. The fourth-order valence-electron chi connectivity index (χ4n) is 1.34. The number of hydrogen-bond donors (Lipinski definition) is 1. The minimum Gasteiger partial charge on any atom is -0.462 e. The van der Waals surface area contributed by atoms with E-state index in [0.29, 0.717) is 46.1 Å². The van der Waals surface area contributed by atoms with Gasteiger partial charge in [-0.3, -0.25) is 4.79 Å². The lowest BCUT2D eigenvalue weighted by Gasteiger charge is -2.11. The van der Waals surface area contributed by atoms with Crippen molar-refractivity contribution in [2.24, 2.45) is 5.73 Å². The summed E-state index contributed by atoms with van der Waals surface area (Å²) in [6.07, 6.45) is 1.29. The maximum atomic E-state index is 11.5. The molecule has 0 rings (SSSR count). The van der Waals surface area contributed by atoms with Crippen LogP contribution in [0, 0.1) is 0 Å². The molecule has 0 saturated carbocycles. The van der Waals surface area contributed by atoms with Crippen LogP contribution in [0.4, 0.5) is 0 Å². The Kier molecular flexibility index (Phi) is 14.1. The van der Waals surface area contributed by atoms with Gasteiger partial charge in [-0.15, -0.1) is 0 Å². The summed E-state index contributed by atoms with van der Waals surface area (Å²) in [5, 5.41) is 0. The zero-order chi connectivity index (χ0) is 15.1. The van der Waals surface area contributed by atoms with E-state index >= 15 is 0 Å². The Hall–Kier alpha value is -0.730. The minimum absolute atomic E-state index is 0.203. The summed E-state index contributed by atoms with van der Waals surface area (Å²) in [6, 6.07) is -0.595. The highest BCUT2D eigenvalue weighted by molar-refractivity contribution is 5.75. The first-order chi connectivity index (χ1) is 9.72. The molecule has 120 valence electrons. The SMILES string of the molecule is COCCCC(N)C(=O)OCCOCCOCCOC. The van der Waals surface area contributed by atoms with Gasteiger partial charge in [-0.1, -0.05) is 0 Å². The summed E-state index contributed by atoms with van der Waals surface area (Å²) in [4.78, 5) is 11.5. The van der Waals surface area contributed by atoms with Gasteiger partial charge in [0.1, 0.15) is 12.6 Å². The van der Waals surface area contributed by atoms with Crippen molar-refractivity contribution in [1.29, 1.82) is 0 Å². The van der Waals surface area contributed by atoms with Crippen LogP contribution in [-0.4, -0.2) is 72.5 Å². The van der Waals surface area contributed by atoms with E-state index in [-0.39, 0.29) is 6.61 Å². The Morgan fingerprint density at radius 3 is 2.05 bits per heavy atom. The molecule has 0 aliphatic carbocycles. The first-order valence-corrected chi connectivity index (χ1v) is 6.78. The largest absolute Gasteiger partial charge is 0.462 e. The molecule has 0 saturated heterocycles. The van der Waals surface area contributed by atoms with Crippen LogP contribution in [0.15, 0.2) is 0 Å². The van der Waals surface area contributed by atoms with Crippen LogP contribution in [0.5, 0.6) is 0 Å². The normalized spacial score (nSPS) is 12.3. The second-order valence-electron chi connectivity index (χ2n) is 4.13. The molecular formula is C13H27NO6. The van der Waals surface area contributed by atoms with Crippen LogP contribution in [0.25, 0.3) is 0 Å². The molecule has 0 aliphatic rings. The van der Waals surface area contributed by atoms with Crippen molar-refractivity contribution < 1.29 is 28.5 Å². The van der Waals surface area contributed by atoms with Crippen LogP contribution in [0.1, 0.15) is 12.8 Å². The van der Waals surface area contributed by atoms with Gasteiger partial charge in [0.25, 0.3) is 0 Å². The van der Waals surface area contributed by atoms with Crippen LogP contribution in [0.3, 0.4) is 0 Å². The third-order valence-corrected chi connectivity index (χ3v) is 2.44. The predicted octanol–water partition coefficient (Wildman–Crippen LogP) is -0.0369. The van der Waals surface area contributed by atoms with E-state index < -0.39 is 12.0 Å². The Balaban J connectivity index is 3.30. The number of ether oxygens (including phenoxy) is 5. The molecule has 0 fully saturated rings. The van der Waals surface area contributed by atoms with Crippen LogP contribution >= 0.6 is 0 Å². The molecule has 0 radical (unpaired) electrons. The molecule has 7 heteroatoms.